The number of carboxylic acid groups (broad SMARTS) is 1. The number of aliphatic carboxylic acids is 1. The van der Waals surface area contributed by atoms with E-state index in [1.54, 1.807) is 12.1 Å². The van der Waals surface area contributed by atoms with Gasteiger partial charge in [0.1, 0.15) is 5.75 Å². The Bertz CT molecular complexity index is 427. The fraction of sp³-hybridized carbons (Fsp3) is 0.462. The third kappa shape index (κ3) is 2.58. The number of benzene rings is 1. The van der Waals surface area contributed by atoms with Gasteiger partial charge in [0.2, 0.25) is 0 Å². The van der Waals surface area contributed by atoms with Gasteiger partial charge in [-0.3, -0.25) is 0 Å². The van der Waals surface area contributed by atoms with Crippen LogP contribution in [0.1, 0.15) is 37.0 Å². The highest BCUT2D eigenvalue weighted by Gasteiger charge is 2.19. The summed E-state index contributed by atoms with van der Waals surface area (Å²) in [6.45, 7) is 1.48. The Balaban J connectivity index is 2.20. The predicted octanol–water partition coefficient (Wildman–Crippen LogP) is 1.91. The molecule has 1 aliphatic rings. The van der Waals surface area contributed by atoms with E-state index in [4.69, 9.17) is 9.84 Å². The van der Waals surface area contributed by atoms with Crippen molar-refractivity contribution in [2.45, 2.75) is 38.4 Å². The van der Waals surface area contributed by atoms with Crippen molar-refractivity contribution in [2.75, 3.05) is 0 Å². The molecular formula is C13H16O4. The standard InChI is InChI=1S/C13H16O4/c1-8(13(15)16)17-10-6-5-9-3-2-4-12(14)11(9)7-10/h5-8,12,14H,2-4H2,1H3,(H,15,16). The number of hydrogen-bond donors (Lipinski definition) is 2. The third-order valence-electron chi connectivity index (χ3n) is 3.06. The fourth-order valence-electron chi connectivity index (χ4n) is 2.08. The van der Waals surface area contributed by atoms with Gasteiger partial charge in [0, 0.05) is 0 Å². The SMILES string of the molecule is CC(Oc1ccc2c(c1)C(O)CCC2)C(=O)O. The number of aliphatic hydroxyl groups is 1. The Morgan fingerprint density at radius 3 is 3.00 bits per heavy atom. The summed E-state index contributed by atoms with van der Waals surface area (Å²) in [5.74, 6) is -0.497. The molecule has 4 heteroatoms. The maximum Gasteiger partial charge on any atom is 0.344 e. The maximum absolute atomic E-state index is 10.7. The smallest absolute Gasteiger partial charge is 0.344 e. The molecule has 0 aliphatic heterocycles. The van der Waals surface area contributed by atoms with Crippen LogP contribution in [0.3, 0.4) is 0 Å². The quantitative estimate of drug-likeness (QED) is 0.841. The molecule has 4 nitrogen and oxygen atoms in total. The molecular weight excluding hydrogens is 220 g/mol. The summed E-state index contributed by atoms with van der Waals surface area (Å²) in [5, 5.41) is 18.6. The molecule has 2 atom stereocenters. The largest absolute Gasteiger partial charge is 0.479 e. The van der Waals surface area contributed by atoms with E-state index >= 15 is 0 Å². The van der Waals surface area contributed by atoms with Gasteiger partial charge in [-0.1, -0.05) is 6.07 Å². The molecule has 0 heterocycles. The van der Waals surface area contributed by atoms with Crippen LogP contribution in [0, 0.1) is 0 Å². The highest BCUT2D eigenvalue weighted by atomic mass is 16.5. The van der Waals surface area contributed by atoms with Crippen LogP contribution in [0.5, 0.6) is 5.75 Å². The van der Waals surface area contributed by atoms with E-state index in [9.17, 15) is 9.90 Å². The molecule has 1 aliphatic carbocycles. The Kier molecular flexibility index (Phi) is 3.33. The highest BCUT2D eigenvalue weighted by Crippen LogP contribution is 2.32. The second-order valence-corrected chi connectivity index (χ2v) is 4.37. The molecule has 0 fully saturated rings. The Hall–Kier alpha value is -1.55. The lowest BCUT2D eigenvalue weighted by molar-refractivity contribution is -0.144. The van der Waals surface area contributed by atoms with Crippen LogP contribution in [0.25, 0.3) is 0 Å². The summed E-state index contributed by atoms with van der Waals surface area (Å²) in [4.78, 5) is 10.7. The number of carbonyl (C=O) groups is 1. The first-order chi connectivity index (χ1) is 8.08. The topological polar surface area (TPSA) is 66.8 Å². The number of aryl methyl sites for hydroxylation is 1. The fourth-order valence-corrected chi connectivity index (χ4v) is 2.08. The van der Waals surface area contributed by atoms with Crippen LogP contribution in [-0.4, -0.2) is 22.3 Å². The molecule has 0 aromatic heterocycles. The zero-order valence-electron chi connectivity index (χ0n) is 9.72. The zero-order chi connectivity index (χ0) is 12.4. The van der Waals surface area contributed by atoms with Crippen molar-refractivity contribution in [1.29, 1.82) is 0 Å². The summed E-state index contributed by atoms with van der Waals surface area (Å²) in [7, 11) is 0. The van der Waals surface area contributed by atoms with Crippen molar-refractivity contribution >= 4 is 5.97 Å². The van der Waals surface area contributed by atoms with Gasteiger partial charge in [-0.15, -0.1) is 0 Å². The second-order valence-electron chi connectivity index (χ2n) is 4.37. The minimum atomic E-state index is -0.997. The van der Waals surface area contributed by atoms with Gasteiger partial charge in [0.25, 0.3) is 0 Å². The Labute approximate surface area is 99.8 Å². The molecule has 0 bridgehead atoms. The number of fused-ring (bicyclic) bond motifs is 1. The summed E-state index contributed by atoms with van der Waals surface area (Å²) in [6, 6.07) is 5.41. The first-order valence-corrected chi connectivity index (χ1v) is 5.78. The first-order valence-electron chi connectivity index (χ1n) is 5.78. The van der Waals surface area contributed by atoms with E-state index in [0.717, 1.165) is 30.4 Å². The van der Waals surface area contributed by atoms with Crippen LogP contribution < -0.4 is 4.74 Å². The van der Waals surface area contributed by atoms with E-state index in [0.29, 0.717) is 5.75 Å². The average Bonchev–Trinajstić information content (AvgIpc) is 2.30. The van der Waals surface area contributed by atoms with E-state index in [1.807, 2.05) is 6.07 Å². The van der Waals surface area contributed by atoms with Crippen molar-refractivity contribution in [3.8, 4) is 5.75 Å². The van der Waals surface area contributed by atoms with Crippen LogP contribution in [0.4, 0.5) is 0 Å². The van der Waals surface area contributed by atoms with E-state index in [2.05, 4.69) is 0 Å². The highest BCUT2D eigenvalue weighted by molar-refractivity contribution is 5.72. The molecule has 92 valence electrons. The van der Waals surface area contributed by atoms with Gasteiger partial charge >= 0.3 is 5.97 Å². The molecule has 17 heavy (non-hydrogen) atoms. The second kappa shape index (κ2) is 4.75. The minimum Gasteiger partial charge on any atom is -0.479 e. The molecule has 0 radical (unpaired) electrons. The molecule has 0 spiro atoms. The van der Waals surface area contributed by atoms with E-state index in [1.165, 1.54) is 6.92 Å². The molecule has 0 saturated carbocycles. The number of ether oxygens (including phenoxy) is 1. The normalized spacial score (nSPS) is 20.5. The van der Waals surface area contributed by atoms with Crippen molar-refractivity contribution in [1.82, 2.24) is 0 Å². The van der Waals surface area contributed by atoms with Gasteiger partial charge in [-0.25, -0.2) is 4.79 Å². The average molecular weight is 236 g/mol. The van der Waals surface area contributed by atoms with E-state index < -0.39 is 18.2 Å². The van der Waals surface area contributed by atoms with Crippen LogP contribution in [-0.2, 0) is 11.2 Å². The van der Waals surface area contributed by atoms with Crippen LogP contribution in [0.15, 0.2) is 18.2 Å². The lowest BCUT2D eigenvalue weighted by atomic mass is 9.89. The summed E-state index contributed by atoms with van der Waals surface area (Å²) in [5.41, 5.74) is 1.99. The van der Waals surface area contributed by atoms with Crippen molar-refractivity contribution < 1.29 is 19.7 Å². The van der Waals surface area contributed by atoms with Crippen LogP contribution >= 0.6 is 0 Å². The van der Waals surface area contributed by atoms with Crippen molar-refractivity contribution in [3.63, 3.8) is 0 Å². The molecule has 2 N–H and O–H groups in total. The number of rotatable bonds is 3. The Morgan fingerprint density at radius 2 is 2.29 bits per heavy atom. The van der Waals surface area contributed by atoms with Gasteiger partial charge in [0.15, 0.2) is 6.10 Å². The monoisotopic (exact) mass is 236 g/mol. The summed E-state index contributed by atoms with van der Waals surface area (Å²) < 4.78 is 5.28. The first kappa shape index (κ1) is 11.9. The summed E-state index contributed by atoms with van der Waals surface area (Å²) in [6.07, 6.45) is 1.36. The maximum atomic E-state index is 10.7. The minimum absolute atomic E-state index is 0.456. The number of carboxylic acids is 1. The third-order valence-corrected chi connectivity index (χ3v) is 3.06. The lowest BCUT2D eigenvalue weighted by Gasteiger charge is -2.22. The van der Waals surface area contributed by atoms with E-state index in [-0.39, 0.29) is 0 Å². The molecule has 1 aromatic carbocycles. The van der Waals surface area contributed by atoms with Gasteiger partial charge < -0.3 is 14.9 Å². The zero-order valence-corrected chi connectivity index (χ0v) is 9.72. The molecule has 0 saturated heterocycles. The molecule has 1 aromatic rings. The molecule has 0 amide bonds. The van der Waals surface area contributed by atoms with Crippen LogP contribution in [0.2, 0.25) is 0 Å². The Morgan fingerprint density at radius 1 is 1.53 bits per heavy atom. The number of hydrogen-bond acceptors (Lipinski definition) is 3. The molecule has 2 unspecified atom stereocenters. The van der Waals surface area contributed by atoms with Gasteiger partial charge in [-0.05, 0) is 49.4 Å². The molecule has 2 rings (SSSR count). The van der Waals surface area contributed by atoms with Crippen molar-refractivity contribution in [3.05, 3.63) is 29.3 Å². The predicted molar refractivity (Wildman–Crippen MR) is 62.1 cm³/mol. The van der Waals surface area contributed by atoms with Crippen molar-refractivity contribution in [2.24, 2.45) is 0 Å². The summed E-state index contributed by atoms with van der Waals surface area (Å²) >= 11 is 0. The van der Waals surface area contributed by atoms with Gasteiger partial charge in [0.05, 0.1) is 6.10 Å². The number of aliphatic hydroxyl groups excluding tert-OH is 1. The lowest BCUT2D eigenvalue weighted by Crippen LogP contribution is -2.23. The van der Waals surface area contributed by atoms with Gasteiger partial charge in [-0.2, -0.15) is 0 Å².